The summed E-state index contributed by atoms with van der Waals surface area (Å²) in [5.74, 6) is -0.579. The van der Waals surface area contributed by atoms with Gasteiger partial charge in [-0.05, 0) is 35.5 Å². The lowest BCUT2D eigenvalue weighted by Gasteiger charge is -1.99. The molecule has 1 heterocycles. The van der Waals surface area contributed by atoms with Gasteiger partial charge in [0.25, 0.3) is 5.22 Å². The van der Waals surface area contributed by atoms with Gasteiger partial charge in [-0.3, -0.25) is 0 Å². The summed E-state index contributed by atoms with van der Waals surface area (Å²) in [6, 6.07) is 6.85. The molecule has 5 nitrogen and oxygen atoms in total. The fourth-order valence-electron chi connectivity index (χ4n) is 1.36. The van der Waals surface area contributed by atoms with E-state index in [2.05, 4.69) is 10.2 Å². The van der Waals surface area contributed by atoms with Crippen molar-refractivity contribution in [3.8, 4) is 0 Å². The van der Waals surface area contributed by atoms with Gasteiger partial charge in [0.2, 0.25) is 5.89 Å². The topological polar surface area (TPSA) is 76.2 Å². The summed E-state index contributed by atoms with van der Waals surface area (Å²) in [7, 11) is 0. The van der Waals surface area contributed by atoms with Gasteiger partial charge in [-0.15, -0.1) is 10.2 Å². The number of hydrogen-bond acceptors (Lipinski definition) is 5. The molecule has 1 aromatic carbocycles. The Labute approximate surface area is 124 Å². The van der Waals surface area contributed by atoms with E-state index in [1.165, 1.54) is 6.08 Å². The zero-order valence-corrected chi connectivity index (χ0v) is 12.1. The SMILES string of the molecule is CCc1nnc(S/C(=C\c2ccc(Cl)cc2)C(=O)O)o1. The molecule has 0 aliphatic carbocycles. The van der Waals surface area contributed by atoms with Crippen LogP contribution in [0.2, 0.25) is 5.02 Å². The Morgan fingerprint density at radius 3 is 2.65 bits per heavy atom. The highest BCUT2D eigenvalue weighted by atomic mass is 35.5. The minimum atomic E-state index is -1.05. The predicted octanol–water partition coefficient (Wildman–Crippen LogP) is 3.50. The van der Waals surface area contributed by atoms with Crippen molar-refractivity contribution < 1.29 is 14.3 Å². The van der Waals surface area contributed by atoms with E-state index in [1.807, 2.05) is 6.92 Å². The van der Waals surface area contributed by atoms with Crippen LogP contribution in [-0.2, 0) is 11.2 Å². The van der Waals surface area contributed by atoms with Gasteiger partial charge < -0.3 is 9.52 Å². The molecule has 0 saturated carbocycles. The first kappa shape index (κ1) is 14.6. The maximum Gasteiger partial charge on any atom is 0.342 e. The van der Waals surface area contributed by atoms with Crippen molar-refractivity contribution in [3.63, 3.8) is 0 Å². The second-order valence-corrected chi connectivity index (χ2v) is 5.21. The van der Waals surface area contributed by atoms with Gasteiger partial charge in [0.05, 0.1) is 0 Å². The number of halogens is 1. The summed E-state index contributed by atoms with van der Waals surface area (Å²) in [6.45, 7) is 1.88. The number of aryl methyl sites for hydroxylation is 1. The van der Waals surface area contributed by atoms with Crippen LogP contribution in [0.5, 0.6) is 0 Å². The Morgan fingerprint density at radius 1 is 1.40 bits per heavy atom. The van der Waals surface area contributed by atoms with E-state index in [1.54, 1.807) is 24.3 Å². The lowest BCUT2D eigenvalue weighted by atomic mass is 10.2. The van der Waals surface area contributed by atoms with E-state index in [0.717, 1.165) is 17.3 Å². The molecule has 104 valence electrons. The van der Waals surface area contributed by atoms with Crippen LogP contribution in [0.15, 0.2) is 38.8 Å². The summed E-state index contributed by atoms with van der Waals surface area (Å²) in [5, 5.41) is 17.6. The fourth-order valence-corrected chi connectivity index (χ4v) is 2.18. The van der Waals surface area contributed by atoms with E-state index in [4.69, 9.17) is 16.0 Å². The van der Waals surface area contributed by atoms with Crippen molar-refractivity contribution in [2.75, 3.05) is 0 Å². The number of carboxylic acids is 1. The number of hydrogen-bond donors (Lipinski definition) is 1. The third kappa shape index (κ3) is 3.85. The van der Waals surface area contributed by atoms with E-state index in [9.17, 15) is 9.90 Å². The largest absolute Gasteiger partial charge is 0.477 e. The van der Waals surface area contributed by atoms with Crippen molar-refractivity contribution in [1.82, 2.24) is 10.2 Å². The van der Waals surface area contributed by atoms with Crippen molar-refractivity contribution in [2.45, 2.75) is 18.6 Å². The molecule has 0 aliphatic heterocycles. The Balaban J connectivity index is 2.22. The van der Waals surface area contributed by atoms with Crippen molar-refractivity contribution in [2.24, 2.45) is 0 Å². The zero-order chi connectivity index (χ0) is 14.5. The Morgan fingerprint density at radius 2 is 2.10 bits per heavy atom. The fraction of sp³-hybridized carbons (Fsp3) is 0.154. The molecule has 0 saturated heterocycles. The molecule has 1 N–H and O–H groups in total. The van der Waals surface area contributed by atoms with Crippen LogP contribution in [0.3, 0.4) is 0 Å². The number of rotatable bonds is 5. The van der Waals surface area contributed by atoms with Crippen LogP contribution in [-0.4, -0.2) is 21.3 Å². The molecule has 2 aromatic rings. The molecule has 7 heteroatoms. The standard InChI is InChI=1S/C13H11ClN2O3S/c1-2-11-15-16-13(19-11)20-10(12(17)18)7-8-3-5-9(14)6-4-8/h3-7H,2H2,1H3,(H,17,18)/b10-7-. The molecular formula is C13H11ClN2O3S. The highest BCUT2D eigenvalue weighted by Crippen LogP contribution is 2.27. The normalized spacial score (nSPS) is 11.6. The zero-order valence-electron chi connectivity index (χ0n) is 10.5. The lowest BCUT2D eigenvalue weighted by molar-refractivity contribution is -0.131. The molecule has 0 bridgehead atoms. The second kappa shape index (κ2) is 6.58. The van der Waals surface area contributed by atoms with Gasteiger partial charge in [-0.2, -0.15) is 0 Å². The summed E-state index contributed by atoms with van der Waals surface area (Å²) < 4.78 is 5.29. The first-order valence-corrected chi connectivity index (χ1v) is 6.98. The first-order valence-electron chi connectivity index (χ1n) is 5.79. The smallest absolute Gasteiger partial charge is 0.342 e. The number of thioether (sulfide) groups is 1. The highest BCUT2D eigenvalue weighted by molar-refractivity contribution is 8.03. The van der Waals surface area contributed by atoms with E-state index in [-0.39, 0.29) is 10.1 Å². The lowest BCUT2D eigenvalue weighted by Crippen LogP contribution is -1.96. The Bertz CT molecular complexity index is 637. The molecule has 0 aliphatic rings. The van der Waals surface area contributed by atoms with Crippen LogP contribution < -0.4 is 0 Å². The molecule has 20 heavy (non-hydrogen) atoms. The van der Waals surface area contributed by atoms with Gasteiger partial charge in [0.15, 0.2) is 0 Å². The summed E-state index contributed by atoms with van der Waals surface area (Å²) in [6.07, 6.45) is 2.13. The van der Waals surface area contributed by atoms with Gasteiger partial charge in [0.1, 0.15) is 4.91 Å². The van der Waals surface area contributed by atoms with Crippen LogP contribution in [0.1, 0.15) is 18.4 Å². The monoisotopic (exact) mass is 310 g/mol. The number of carboxylic acid groups (broad SMARTS) is 1. The quantitative estimate of drug-likeness (QED) is 0.673. The van der Waals surface area contributed by atoms with Crippen LogP contribution in [0, 0.1) is 0 Å². The van der Waals surface area contributed by atoms with E-state index in [0.29, 0.717) is 17.3 Å². The Kier molecular flexibility index (Phi) is 4.81. The maximum absolute atomic E-state index is 11.2. The third-order valence-corrected chi connectivity index (χ3v) is 3.43. The first-order chi connectivity index (χ1) is 9.58. The average molecular weight is 311 g/mol. The van der Waals surface area contributed by atoms with Gasteiger partial charge in [-0.1, -0.05) is 30.7 Å². The number of nitrogens with zero attached hydrogens (tertiary/aromatic N) is 2. The maximum atomic E-state index is 11.2. The van der Waals surface area contributed by atoms with Crippen molar-refractivity contribution >= 4 is 35.4 Å². The highest BCUT2D eigenvalue weighted by Gasteiger charge is 2.14. The molecule has 0 amide bonds. The number of aliphatic carboxylic acids is 1. The van der Waals surface area contributed by atoms with Gasteiger partial charge >= 0.3 is 5.97 Å². The summed E-state index contributed by atoms with van der Waals surface area (Å²) in [4.78, 5) is 11.3. The molecule has 0 fully saturated rings. The number of aromatic nitrogens is 2. The van der Waals surface area contributed by atoms with Crippen molar-refractivity contribution in [3.05, 3.63) is 45.6 Å². The van der Waals surface area contributed by atoms with E-state index >= 15 is 0 Å². The molecule has 2 rings (SSSR count). The molecule has 0 spiro atoms. The van der Waals surface area contributed by atoms with Crippen molar-refractivity contribution in [1.29, 1.82) is 0 Å². The predicted molar refractivity (Wildman–Crippen MR) is 76.6 cm³/mol. The third-order valence-electron chi connectivity index (χ3n) is 2.33. The van der Waals surface area contributed by atoms with Gasteiger partial charge in [-0.25, -0.2) is 4.79 Å². The van der Waals surface area contributed by atoms with Crippen LogP contribution in [0.4, 0.5) is 0 Å². The Hall–Kier alpha value is -1.79. The van der Waals surface area contributed by atoms with E-state index < -0.39 is 5.97 Å². The summed E-state index contributed by atoms with van der Waals surface area (Å²) in [5.41, 5.74) is 0.731. The number of carbonyl (C=O) groups is 1. The molecule has 0 radical (unpaired) electrons. The molecular weight excluding hydrogens is 300 g/mol. The summed E-state index contributed by atoms with van der Waals surface area (Å²) >= 11 is 6.70. The minimum Gasteiger partial charge on any atom is -0.477 e. The van der Waals surface area contributed by atoms with Gasteiger partial charge in [0, 0.05) is 11.4 Å². The minimum absolute atomic E-state index is 0.0959. The average Bonchev–Trinajstić information content (AvgIpc) is 2.88. The number of benzene rings is 1. The van der Waals surface area contributed by atoms with Crippen LogP contribution >= 0.6 is 23.4 Å². The molecule has 1 aromatic heterocycles. The molecule has 0 unspecified atom stereocenters. The molecule has 0 atom stereocenters. The van der Waals surface area contributed by atoms with Crippen LogP contribution in [0.25, 0.3) is 6.08 Å². The second-order valence-electron chi connectivity index (χ2n) is 3.78.